The van der Waals surface area contributed by atoms with Gasteiger partial charge in [0.05, 0.1) is 18.4 Å². The van der Waals surface area contributed by atoms with Crippen LogP contribution in [0.4, 0.5) is 11.5 Å². The molecular weight excluding hydrogens is 344 g/mol. The number of hydrogen-bond acceptors (Lipinski definition) is 6. The Morgan fingerprint density at radius 2 is 1.81 bits per heavy atom. The molecule has 2 heterocycles. The first-order chi connectivity index (χ1) is 13.2. The van der Waals surface area contributed by atoms with Crippen LogP contribution in [0.3, 0.4) is 0 Å². The highest BCUT2D eigenvalue weighted by Gasteiger charge is 2.19. The second-order valence-electron chi connectivity index (χ2n) is 6.35. The number of nitrogens with one attached hydrogen (secondary N) is 1. The third kappa shape index (κ3) is 5.04. The number of nitrogens with zero attached hydrogens (tertiary/aromatic N) is 3. The molecule has 1 aromatic heterocycles. The SMILES string of the molecule is COC(=O)c1ccccc1NC(=O)CCN1CCN(c2ccccn2)CC1. The Labute approximate surface area is 158 Å². The standard InChI is InChI=1S/C20H24N4O3/c1-27-20(26)16-6-2-3-7-17(16)22-19(25)9-11-23-12-14-24(15-13-23)18-8-4-5-10-21-18/h2-8,10H,9,11-15H2,1H3,(H,22,25). The summed E-state index contributed by atoms with van der Waals surface area (Å²) in [7, 11) is 1.32. The minimum atomic E-state index is -0.462. The fourth-order valence-electron chi connectivity index (χ4n) is 3.09. The van der Waals surface area contributed by atoms with Crippen LogP contribution in [0.2, 0.25) is 0 Å². The third-order valence-electron chi connectivity index (χ3n) is 4.61. The van der Waals surface area contributed by atoms with Gasteiger partial charge in [-0.2, -0.15) is 0 Å². The van der Waals surface area contributed by atoms with E-state index in [0.29, 0.717) is 24.2 Å². The molecular formula is C20H24N4O3. The van der Waals surface area contributed by atoms with E-state index in [0.717, 1.165) is 32.0 Å². The Balaban J connectivity index is 1.46. The lowest BCUT2D eigenvalue weighted by Crippen LogP contribution is -2.47. The summed E-state index contributed by atoms with van der Waals surface area (Å²) in [4.78, 5) is 33.0. The number of piperazine rings is 1. The molecule has 1 fully saturated rings. The van der Waals surface area contributed by atoms with Gasteiger partial charge in [0.25, 0.3) is 0 Å². The minimum Gasteiger partial charge on any atom is -0.465 e. The number of benzene rings is 1. The van der Waals surface area contributed by atoms with Gasteiger partial charge >= 0.3 is 5.97 Å². The maximum absolute atomic E-state index is 12.3. The molecule has 0 atom stereocenters. The zero-order chi connectivity index (χ0) is 19.1. The first kappa shape index (κ1) is 18.8. The van der Waals surface area contributed by atoms with Gasteiger partial charge in [0, 0.05) is 45.3 Å². The van der Waals surface area contributed by atoms with Crippen LogP contribution in [0.1, 0.15) is 16.8 Å². The predicted octanol–water partition coefficient (Wildman–Crippen LogP) is 2.02. The summed E-state index contributed by atoms with van der Waals surface area (Å²) in [5.74, 6) is 0.421. The number of pyridine rings is 1. The molecule has 0 unspecified atom stereocenters. The summed E-state index contributed by atoms with van der Waals surface area (Å²) in [6, 6.07) is 12.8. The van der Waals surface area contributed by atoms with Crippen molar-refractivity contribution in [3.8, 4) is 0 Å². The Morgan fingerprint density at radius 3 is 2.52 bits per heavy atom. The molecule has 2 aromatic rings. The molecule has 142 valence electrons. The fraction of sp³-hybridized carbons (Fsp3) is 0.350. The summed E-state index contributed by atoms with van der Waals surface area (Å²) in [6.07, 6.45) is 2.18. The van der Waals surface area contributed by atoms with Crippen molar-refractivity contribution in [1.82, 2.24) is 9.88 Å². The Bertz CT molecular complexity index is 774. The minimum absolute atomic E-state index is 0.112. The molecule has 1 aromatic carbocycles. The van der Waals surface area contributed by atoms with Gasteiger partial charge in [-0.25, -0.2) is 9.78 Å². The quantitative estimate of drug-likeness (QED) is 0.787. The van der Waals surface area contributed by atoms with Gasteiger partial charge in [0.2, 0.25) is 5.91 Å². The van der Waals surface area contributed by atoms with Crippen molar-refractivity contribution in [3.63, 3.8) is 0 Å². The largest absolute Gasteiger partial charge is 0.465 e. The van der Waals surface area contributed by atoms with E-state index in [2.05, 4.69) is 20.1 Å². The number of ether oxygens (including phenoxy) is 1. The average Bonchev–Trinajstić information content (AvgIpc) is 2.73. The number of carbonyl (C=O) groups is 2. The molecule has 1 amide bonds. The fourth-order valence-corrected chi connectivity index (χ4v) is 3.09. The van der Waals surface area contributed by atoms with Gasteiger partial charge in [0.15, 0.2) is 0 Å². The van der Waals surface area contributed by atoms with Crippen LogP contribution >= 0.6 is 0 Å². The zero-order valence-electron chi connectivity index (χ0n) is 15.4. The first-order valence-corrected chi connectivity index (χ1v) is 9.03. The van der Waals surface area contributed by atoms with Crippen LogP contribution in [0.5, 0.6) is 0 Å². The lowest BCUT2D eigenvalue weighted by atomic mass is 10.1. The van der Waals surface area contributed by atoms with Crippen LogP contribution < -0.4 is 10.2 Å². The van der Waals surface area contributed by atoms with Crippen LogP contribution in [-0.4, -0.2) is 61.6 Å². The molecule has 7 nitrogen and oxygen atoms in total. The third-order valence-corrected chi connectivity index (χ3v) is 4.61. The van der Waals surface area contributed by atoms with E-state index in [4.69, 9.17) is 4.74 Å². The molecule has 0 bridgehead atoms. The second-order valence-corrected chi connectivity index (χ2v) is 6.35. The van der Waals surface area contributed by atoms with E-state index in [1.165, 1.54) is 7.11 Å². The lowest BCUT2D eigenvalue weighted by Gasteiger charge is -2.35. The number of carbonyl (C=O) groups excluding carboxylic acids is 2. The molecule has 0 aliphatic carbocycles. The number of para-hydroxylation sites is 1. The van der Waals surface area contributed by atoms with Crippen LogP contribution in [0.15, 0.2) is 48.7 Å². The zero-order valence-corrected chi connectivity index (χ0v) is 15.4. The van der Waals surface area contributed by atoms with Crippen molar-refractivity contribution in [1.29, 1.82) is 0 Å². The normalized spacial score (nSPS) is 14.6. The molecule has 0 saturated carbocycles. The van der Waals surface area contributed by atoms with Crippen molar-refractivity contribution in [2.75, 3.05) is 50.1 Å². The monoisotopic (exact) mass is 368 g/mol. The topological polar surface area (TPSA) is 74.8 Å². The van der Waals surface area contributed by atoms with Crippen molar-refractivity contribution in [3.05, 3.63) is 54.2 Å². The number of aromatic nitrogens is 1. The van der Waals surface area contributed by atoms with Gasteiger partial charge in [0.1, 0.15) is 5.82 Å². The Kier molecular flexibility index (Phi) is 6.38. The van der Waals surface area contributed by atoms with Crippen LogP contribution in [0, 0.1) is 0 Å². The van der Waals surface area contributed by atoms with Gasteiger partial charge in [-0.1, -0.05) is 18.2 Å². The average molecular weight is 368 g/mol. The summed E-state index contributed by atoms with van der Waals surface area (Å²) >= 11 is 0. The van der Waals surface area contributed by atoms with Crippen LogP contribution in [-0.2, 0) is 9.53 Å². The maximum Gasteiger partial charge on any atom is 0.339 e. The highest BCUT2D eigenvalue weighted by molar-refractivity contribution is 6.01. The number of esters is 1. The van der Waals surface area contributed by atoms with Gasteiger partial charge in [-0.15, -0.1) is 0 Å². The second kappa shape index (κ2) is 9.14. The summed E-state index contributed by atoms with van der Waals surface area (Å²) in [5, 5.41) is 2.81. The van der Waals surface area contributed by atoms with E-state index in [1.54, 1.807) is 30.5 Å². The van der Waals surface area contributed by atoms with Crippen molar-refractivity contribution in [2.24, 2.45) is 0 Å². The number of amides is 1. The number of anilines is 2. The predicted molar refractivity (Wildman–Crippen MR) is 104 cm³/mol. The van der Waals surface area contributed by atoms with E-state index >= 15 is 0 Å². The molecule has 0 radical (unpaired) electrons. The number of methoxy groups -OCH3 is 1. The van der Waals surface area contributed by atoms with E-state index in [9.17, 15) is 9.59 Å². The van der Waals surface area contributed by atoms with Gasteiger partial charge < -0.3 is 15.0 Å². The van der Waals surface area contributed by atoms with Gasteiger partial charge in [-0.05, 0) is 24.3 Å². The molecule has 1 N–H and O–H groups in total. The van der Waals surface area contributed by atoms with Gasteiger partial charge in [-0.3, -0.25) is 9.69 Å². The summed E-state index contributed by atoms with van der Waals surface area (Å²) in [5.41, 5.74) is 0.839. The van der Waals surface area contributed by atoms with Crippen LogP contribution in [0.25, 0.3) is 0 Å². The molecule has 0 spiro atoms. The first-order valence-electron chi connectivity index (χ1n) is 9.03. The van der Waals surface area contributed by atoms with E-state index < -0.39 is 5.97 Å². The lowest BCUT2D eigenvalue weighted by molar-refractivity contribution is -0.116. The van der Waals surface area contributed by atoms with Crippen molar-refractivity contribution in [2.45, 2.75) is 6.42 Å². The number of rotatable bonds is 6. The van der Waals surface area contributed by atoms with E-state index in [1.807, 2.05) is 18.2 Å². The summed E-state index contributed by atoms with van der Waals surface area (Å²) < 4.78 is 4.75. The molecule has 3 rings (SSSR count). The maximum atomic E-state index is 12.3. The summed E-state index contributed by atoms with van der Waals surface area (Å²) in [6.45, 7) is 4.25. The molecule has 1 aliphatic rings. The smallest absolute Gasteiger partial charge is 0.339 e. The molecule has 27 heavy (non-hydrogen) atoms. The molecule has 7 heteroatoms. The number of hydrogen-bond donors (Lipinski definition) is 1. The van der Waals surface area contributed by atoms with Crippen molar-refractivity contribution >= 4 is 23.4 Å². The Hall–Kier alpha value is -2.93. The Morgan fingerprint density at radius 1 is 1.07 bits per heavy atom. The van der Waals surface area contributed by atoms with Crippen molar-refractivity contribution < 1.29 is 14.3 Å². The highest BCUT2D eigenvalue weighted by Crippen LogP contribution is 2.17. The highest BCUT2D eigenvalue weighted by atomic mass is 16.5. The van der Waals surface area contributed by atoms with E-state index in [-0.39, 0.29) is 5.91 Å². The molecule has 1 aliphatic heterocycles. The molecule has 1 saturated heterocycles.